The lowest BCUT2D eigenvalue weighted by Gasteiger charge is -2.10. The highest BCUT2D eigenvalue weighted by atomic mass is 16.5. The second-order valence-corrected chi connectivity index (χ2v) is 5.42. The van der Waals surface area contributed by atoms with E-state index in [1.165, 1.54) is 0 Å². The Morgan fingerprint density at radius 3 is 2.95 bits per heavy atom. The second-order valence-electron chi connectivity index (χ2n) is 5.42. The number of carbonyl (C=O) groups is 1. The van der Waals surface area contributed by atoms with Crippen LogP contribution in [0.25, 0.3) is 11.0 Å². The fourth-order valence-electron chi connectivity index (χ4n) is 2.72. The van der Waals surface area contributed by atoms with Crippen molar-refractivity contribution in [2.24, 2.45) is 0 Å². The van der Waals surface area contributed by atoms with Gasteiger partial charge in [0.25, 0.3) is 0 Å². The van der Waals surface area contributed by atoms with Gasteiger partial charge in [-0.2, -0.15) is 0 Å². The molecule has 2 aromatic rings. The predicted octanol–water partition coefficient (Wildman–Crippen LogP) is 3.04. The van der Waals surface area contributed by atoms with Crippen molar-refractivity contribution in [1.82, 2.24) is 9.55 Å². The molecule has 1 fully saturated rings. The lowest BCUT2D eigenvalue weighted by atomic mass is 10.2. The maximum Gasteiger partial charge on any atom is 0.337 e. The molecule has 1 saturated carbocycles. The van der Waals surface area contributed by atoms with E-state index in [4.69, 9.17) is 4.74 Å². The molecule has 1 N–H and O–H groups in total. The van der Waals surface area contributed by atoms with Crippen LogP contribution < -0.4 is 0 Å². The van der Waals surface area contributed by atoms with Gasteiger partial charge in [0.15, 0.2) is 0 Å². The molecule has 3 rings (SSSR count). The number of hydrogen-bond donors (Lipinski definition) is 1. The highest BCUT2D eigenvalue weighted by Gasteiger charge is 2.30. The van der Waals surface area contributed by atoms with E-state index in [1.807, 2.05) is 13.0 Å². The molecule has 0 saturated heterocycles. The molecule has 21 heavy (non-hydrogen) atoms. The van der Waals surface area contributed by atoms with Gasteiger partial charge in [-0.25, -0.2) is 9.78 Å². The third-order valence-electron chi connectivity index (χ3n) is 3.84. The lowest BCUT2D eigenvalue weighted by Crippen LogP contribution is -2.08. The zero-order valence-electron chi connectivity index (χ0n) is 12.2. The van der Waals surface area contributed by atoms with E-state index in [2.05, 4.69) is 9.55 Å². The minimum atomic E-state index is -0.895. The number of fused-ring (bicyclic) bond motifs is 1. The van der Waals surface area contributed by atoms with Crippen molar-refractivity contribution >= 4 is 17.0 Å². The molecule has 1 aromatic heterocycles. The van der Waals surface area contributed by atoms with Crippen LogP contribution in [0.1, 0.15) is 48.3 Å². The molecule has 0 spiro atoms. The van der Waals surface area contributed by atoms with E-state index in [1.54, 1.807) is 12.1 Å². The van der Waals surface area contributed by atoms with Gasteiger partial charge in [0.2, 0.25) is 0 Å². The third-order valence-corrected chi connectivity index (χ3v) is 3.84. The monoisotopic (exact) mass is 288 g/mol. The molecule has 0 radical (unpaired) electrons. The van der Waals surface area contributed by atoms with Crippen molar-refractivity contribution in [2.75, 3.05) is 13.2 Å². The van der Waals surface area contributed by atoms with Crippen LogP contribution in [0.4, 0.5) is 0 Å². The van der Waals surface area contributed by atoms with Crippen LogP contribution in [0.5, 0.6) is 0 Å². The van der Waals surface area contributed by atoms with E-state index in [0.29, 0.717) is 24.7 Å². The van der Waals surface area contributed by atoms with Crippen molar-refractivity contribution < 1.29 is 14.6 Å². The number of hydrogen-bond acceptors (Lipinski definition) is 3. The number of para-hydroxylation sites is 1. The maximum atomic E-state index is 11.5. The van der Waals surface area contributed by atoms with Gasteiger partial charge in [0, 0.05) is 25.7 Å². The molecule has 1 heterocycles. The number of nitrogens with zero attached hydrogens (tertiary/aromatic N) is 2. The Hall–Kier alpha value is -1.88. The highest BCUT2D eigenvalue weighted by molar-refractivity contribution is 6.01. The molecule has 5 heteroatoms. The Bertz CT molecular complexity index is 659. The smallest absolute Gasteiger partial charge is 0.337 e. The van der Waals surface area contributed by atoms with Crippen molar-refractivity contribution in [3.8, 4) is 0 Å². The normalized spacial score (nSPS) is 14.7. The van der Waals surface area contributed by atoms with Crippen LogP contribution >= 0.6 is 0 Å². The molecule has 0 amide bonds. The number of carboxylic acids is 1. The molecule has 1 aromatic carbocycles. The number of rotatable bonds is 7. The minimum absolute atomic E-state index is 0.336. The van der Waals surface area contributed by atoms with Crippen LogP contribution in [0.3, 0.4) is 0 Å². The van der Waals surface area contributed by atoms with E-state index < -0.39 is 5.97 Å². The summed E-state index contributed by atoms with van der Waals surface area (Å²) in [7, 11) is 0. The second kappa shape index (κ2) is 5.85. The third kappa shape index (κ3) is 2.78. The topological polar surface area (TPSA) is 64.4 Å². The van der Waals surface area contributed by atoms with Gasteiger partial charge in [-0.05, 0) is 38.3 Å². The summed E-state index contributed by atoms with van der Waals surface area (Å²) in [6.45, 7) is 4.13. The minimum Gasteiger partial charge on any atom is -0.478 e. The van der Waals surface area contributed by atoms with E-state index in [0.717, 1.165) is 42.7 Å². The van der Waals surface area contributed by atoms with Gasteiger partial charge in [0.1, 0.15) is 5.82 Å². The number of aromatic carboxylic acids is 1. The Morgan fingerprint density at radius 2 is 2.29 bits per heavy atom. The Labute approximate surface area is 123 Å². The number of benzene rings is 1. The summed E-state index contributed by atoms with van der Waals surface area (Å²) < 4.78 is 7.48. The molecule has 0 aliphatic heterocycles. The first-order valence-corrected chi connectivity index (χ1v) is 7.52. The van der Waals surface area contributed by atoms with Crippen molar-refractivity contribution in [3.05, 3.63) is 29.6 Å². The SMILES string of the molecule is CCOCCCn1c(C2CC2)nc2cccc(C(=O)O)c21. The number of imidazole rings is 1. The quantitative estimate of drug-likeness (QED) is 0.795. The number of carboxylic acid groups (broad SMARTS) is 1. The molecular weight excluding hydrogens is 268 g/mol. The molecular formula is C16H20N2O3. The largest absolute Gasteiger partial charge is 0.478 e. The molecule has 1 aliphatic rings. The zero-order chi connectivity index (χ0) is 14.8. The maximum absolute atomic E-state index is 11.5. The van der Waals surface area contributed by atoms with E-state index in [9.17, 15) is 9.90 Å². The Morgan fingerprint density at radius 1 is 1.48 bits per heavy atom. The Balaban J connectivity index is 2.00. The average molecular weight is 288 g/mol. The first-order valence-electron chi connectivity index (χ1n) is 7.52. The van der Waals surface area contributed by atoms with E-state index in [-0.39, 0.29) is 0 Å². The molecule has 0 bridgehead atoms. The van der Waals surface area contributed by atoms with Crippen molar-refractivity contribution in [2.45, 2.75) is 38.6 Å². The Kier molecular flexibility index (Phi) is 3.92. The summed E-state index contributed by atoms with van der Waals surface area (Å²) in [5, 5.41) is 9.41. The van der Waals surface area contributed by atoms with Gasteiger partial charge >= 0.3 is 5.97 Å². The zero-order valence-corrected chi connectivity index (χ0v) is 12.2. The number of aryl methyl sites for hydroxylation is 1. The summed E-state index contributed by atoms with van der Waals surface area (Å²) in [6, 6.07) is 5.31. The fourth-order valence-corrected chi connectivity index (χ4v) is 2.72. The van der Waals surface area contributed by atoms with Gasteiger partial charge < -0.3 is 14.4 Å². The summed E-state index contributed by atoms with van der Waals surface area (Å²) in [5.41, 5.74) is 1.87. The summed E-state index contributed by atoms with van der Waals surface area (Å²) in [5.74, 6) is 0.634. The van der Waals surface area contributed by atoms with Crippen LogP contribution in [0.15, 0.2) is 18.2 Å². The predicted molar refractivity (Wildman–Crippen MR) is 79.8 cm³/mol. The summed E-state index contributed by atoms with van der Waals surface area (Å²) in [6.07, 6.45) is 3.17. The fraction of sp³-hybridized carbons (Fsp3) is 0.500. The van der Waals surface area contributed by atoms with Crippen LogP contribution in [0.2, 0.25) is 0 Å². The van der Waals surface area contributed by atoms with Gasteiger partial charge in [-0.3, -0.25) is 0 Å². The van der Waals surface area contributed by atoms with Crippen molar-refractivity contribution in [1.29, 1.82) is 0 Å². The number of ether oxygens (including phenoxy) is 1. The van der Waals surface area contributed by atoms with Gasteiger partial charge in [-0.1, -0.05) is 6.07 Å². The van der Waals surface area contributed by atoms with Crippen LogP contribution in [-0.2, 0) is 11.3 Å². The standard InChI is InChI=1S/C16H20N2O3/c1-2-21-10-4-9-18-14-12(16(19)20)5-3-6-13(14)17-15(18)11-7-8-11/h3,5-6,11H,2,4,7-10H2,1H3,(H,19,20). The van der Waals surface area contributed by atoms with Gasteiger partial charge in [-0.15, -0.1) is 0 Å². The first-order chi connectivity index (χ1) is 10.2. The number of aromatic nitrogens is 2. The van der Waals surface area contributed by atoms with Gasteiger partial charge in [0.05, 0.1) is 16.6 Å². The average Bonchev–Trinajstić information content (AvgIpc) is 3.25. The van der Waals surface area contributed by atoms with Crippen LogP contribution in [0, 0.1) is 0 Å². The summed E-state index contributed by atoms with van der Waals surface area (Å²) >= 11 is 0. The molecule has 0 unspecified atom stereocenters. The molecule has 5 nitrogen and oxygen atoms in total. The molecule has 1 aliphatic carbocycles. The van der Waals surface area contributed by atoms with Crippen LogP contribution in [-0.4, -0.2) is 33.8 Å². The van der Waals surface area contributed by atoms with E-state index >= 15 is 0 Å². The van der Waals surface area contributed by atoms with Crippen molar-refractivity contribution in [3.63, 3.8) is 0 Å². The first kappa shape index (κ1) is 14.1. The lowest BCUT2D eigenvalue weighted by molar-refractivity contribution is 0.0698. The summed E-state index contributed by atoms with van der Waals surface area (Å²) in [4.78, 5) is 16.1. The molecule has 112 valence electrons. The molecule has 0 atom stereocenters. The highest BCUT2D eigenvalue weighted by Crippen LogP contribution is 2.41.